The van der Waals surface area contributed by atoms with E-state index in [0.717, 1.165) is 31.6 Å². The largest absolute Gasteiger partial charge is 0.336 e. The van der Waals surface area contributed by atoms with Crippen LogP contribution in [0, 0.1) is 0 Å². The van der Waals surface area contributed by atoms with Crippen molar-refractivity contribution in [2.75, 3.05) is 26.2 Å². The molecule has 2 saturated carbocycles. The number of pyridine rings is 1. The van der Waals surface area contributed by atoms with Gasteiger partial charge in [-0.05, 0) is 38.7 Å². The Bertz CT molecular complexity index is 1060. The number of aromatic amines is 1. The maximum atomic E-state index is 13.4. The predicted octanol–water partition coefficient (Wildman–Crippen LogP) is 0.902. The van der Waals surface area contributed by atoms with Gasteiger partial charge in [0.15, 0.2) is 5.65 Å². The van der Waals surface area contributed by atoms with Crippen LogP contribution in [-0.4, -0.2) is 62.5 Å². The Hall–Kier alpha value is -2.48. The molecule has 1 N–H and O–H groups in total. The fraction of sp³-hybridized carbons (Fsp3) is 0.600. The summed E-state index contributed by atoms with van der Waals surface area (Å²) in [7, 11) is 0. The van der Waals surface area contributed by atoms with Crippen LogP contribution < -0.4 is 11.2 Å². The van der Waals surface area contributed by atoms with E-state index in [1.54, 1.807) is 6.07 Å². The van der Waals surface area contributed by atoms with Crippen molar-refractivity contribution in [1.29, 1.82) is 0 Å². The molecule has 2 aromatic rings. The number of hydrogen-bond donors (Lipinski definition) is 1. The molecule has 0 radical (unpaired) electrons. The minimum absolute atomic E-state index is 0.128. The van der Waals surface area contributed by atoms with E-state index in [-0.39, 0.29) is 11.3 Å². The summed E-state index contributed by atoms with van der Waals surface area (Å²) in [5.74, 6) is 0.193. The van der Waals surface area contributed by atoms with E-state index >= 15 is 0 Å². The van der Waals surface area contributed by atoms with E-state index in [2.05, 4.69) is 14.9 Å². The second-order valence-electron chi connectivity index (χ2n) is 8.13. The number of H-pyrrole nitrogens is 1. The number of carbonyl (C=O) groups is 1. The first-order valence-corrected chi connectivity index (χ1v) is 10.3. The quantitative estimate of drug-likeness (QED) is 0.847. The zero-order valence-electron chi connectivity index (χ0n) is 16.1. The second kappa shape index (κ2) is 6.55. The third kappa shape index (κ3) is 2.96. The number of carbonyl (C=O) groups excluding carboxylic acids is 1. The molecule has 3 fully saturated rings. The van der Waals surface area contributed by atoms with Gasteiger partial charge in [-0.1, -0.05) is 0 Å². The lowest BCUT2D eigenvalue weighted by Crippen LogP contribution is -2.49. The molecular weight excluding hydrogens is 358 g/mol. The number of rotatable bonds is 4. The topological polar surface area (TPSA) is 91.3 Å². The Labute approximate surface area is 162 Å². The molecular formula is C20H25N5O3. The van der Waals surface area contributed by atoms with Gasteiger partial charge in [0.2, 0.25) is 0 Å². The molecule has 0 atom stereocenters. The highest BCUT2D eigenvalue weighted by molar-refractivity contribution is 6.05. The molecule has 8 heteroatoms. The number of fused-ring (bicyclic) bond motifs is 1. The smallest absolute Gasteiger partial charge is 0.329 e. The lowest BCUT2D eigenvalue weighted by Gasteiger charge is -2.35. The summed E-state index contributed by atoms with van der Waals surface area (Å²) in [5.41, 5.74) is 0.534. The van der Waals surface area contributed by atoms with Gasteiger partial charge in [0, 0.05) is 50.4 Å². The average Bonchev–Trinajstić information content (AvgIpc) is 3.59. The summed E-state index contributed by atoms with van der Waals surface area (Å²) in [6.45, 7) is 5.33. The summed E-state index contributed by atoms with van der Waals surface area (Å²) in [5, 5.41) is 0.237. The van der Waals surface area contributed by atoms with Crippen molar-refractivity contribution in [1.82, 2.24) is 24.3 Å². The van der Waals surface area contributed by atoms with Crippen LogP contribution in [0.3, 0.4) is 0 Å². The predicted molar refractivity (Wildman–Crippen MR) is 105 cm³/mol. The molecule has 0 bridgehead atoms. The van der Waals surface area contributed by atoms with Crippen molar-refractivity contribution in [3.05, 3.63) is 38.2 Å². The van der Waals surface area contributed by atoms with E-state index < -0.39 is 11.2 Å². The molecule has 28 heavy (non-hydrogen) atoms. The second-order valence-corrected chi connectivity index (χ2v) is 8.13. The zero-order valence-corrected chi connectivity index (χ0v) is 16.1. The number of aryl methyl sites for hydroxylation is 1. The van der Waals surface area contributed by atoms with Gasteiger partial charge in [-0.25, -0.2) is 9.78 Å². The summed E-state index contributed by atoms with van der Waals surface area (Å²) in [4.78, 5) is 49.5. The van der Waals surface area contributed by atoms with Gasteiger partial charge in [-0.2, -0.15) is 0 Å². The van der Waals surface area contributed by atoms with E-state index in [0.29, 0.717) is 42.8 Å². The molecule has 8 nitrogen and oxygen atoms in total. The fourth-order valence-corrected chi connectivity index (χ4v) is 4.24. The van der Waals surface area contributed by atoms with Crippen LogP contribution in [0.15, 0.2) is 15.7 Å². The maximum absolute atomic E-state index is 13.4. The lowest BCUT2D eigenvalue weighted by molar-refractivity contribution is 0.0629. The molecule has 3 aliphatic rings. The van der Waals surface area contributed by atoms with E-state index in [1.807, 2.05) is 11.8 Å². The summed E-state index contributed by atoms with van der Waals surface area (Å²) in [6, 6.07) is 2.48. The Morgan fingerprint density at radius 1 is 1.14 bits per heavy atom. The minimum atomic E-state index is -0.528. The standard InChI is InChI=1S/C20H25N5O3/c1-2-25-17-16(18(26)22-20(25)28)14(11-15(21-17)12-3-4-12)19(27)24-9-7-23(8-10-24)13-5-6-13/h11-13H,2-10H2,1H3,(H,22,26,28). The van der Waals surface area contributed by atoms with Crippen molar-refractivity contribution in [3.63, 3.8) is 0 Å². The molecule has 0 unspecified atom stereocenters. The van der Waals surface area contributed by atoms with Gasteiger partial charge in [0.1, 0.15) is 0 Å². The Balaban J connectivity index is 1.58. The summed E-state index contributed by atoms with van der Waals surface area (Å²) >= 11 is 0. The highest BCUT2D eigenvalue weighted by Gasteiger charge is 2.34. The molecule has 0 spiro atoms. The number of nitrogens with zero attached hydrogens (tertiary/aromatic N) is 4. The van der Waals surface area contributed by atoms with Gasteiger partial charge < -0.3 is 4.90 Å². The fourth-order valence-electron chi connectivity index (χ4n) is 4.24. The lowest BCUT2D eigenvalue weighted by atomic mass is 10.1. The van der Waals surface area contributed by atoms with Crippen LogP contribution in [0.1, 0.15) is 54.6 Å². The monoisotopic (exact) mass is 383 g/mol. The molecule has 5 rings (SSSR count). The van der Waals surface area contributed by atoms with Crippen LogP contribution in [0.5, 0.6) is 0 Å². The Kier molecular flexibility index (Phi) is 4.12. The molecule has 0 aromatic carbocycles. The SMILES string of the molecule is CCn1c(=O)[nH]c(=O)c2c(C(=O)N3CCN(C4CC4)CC3)cc(C3CC3)nc21. The van der Waals surface area contributed by atoms with E-state index in [4.69, 9.17) is 0 Å². The number of aromatic nitrogens is 3. The highest BCUT2D eigenvalue weighted by Crippen LogP contribution is 2.40. The van der Waals surface area contributed by atoms with Crippen LogP contribution in [0.2, 0.25) is 0 Å². The van der Waals surface area contributed by atoms with Crippen LogP contribution in [-0.2, 0) is 6.54 Å². The first-order valence-electron chi connectivity index (χ1n) is 10.3. The maximum Gasteiger partial charge on any atom is 0.329 e. The third-order valence-corrected chi connectivity index (χ3v) is 6.18. The van der Waals surface area contributed by atoms with Gasteiger partial charge >= 0.3 is 5.69 Å². The molecule has 1 saturated heterocycles. The zero-order chi connectivity index (χ0) is 19.4. The van der Waals surface area contributed by atoms with Crippen LogP contribution >= 0.6 is 0 Å². The van der Waals surface area contributed by atoms with Crippen molar-refractivity contribution >= 4 is 16.9 Å². The normalized spacial score (nSPS) is 20.7. The third-order valence-electron chi connectivity index (χ3n) is 6.18. The molecule has 148 valence electrons. The van der Waals surface area contributed by atoms with Crippen molar-refractivity contribution in [3.8, 4) is 0 Å². The molecule has 2 aromatic heterocycles. The van der Waals surface area contributed by atoms with Crippen LogP contribution in [0.4, 0.5) is 0 Å². The minimum Gasteiger partial charge on any atom is -0.336 e. The molecule has 1 aliphatic heterocycles. The molecule has 2 aliphatic carbocycles. The molecule has 3 heterocycles. The van der Waals surface area contributed by atoms with Gasteiger partial charge in [0.05, 0.1) is 10.9 Å². The summed E-state index contributed by atoms with van der Waals surface area (Å²) in [6.07, 6.45) is 4.59. The van der Waals surface area contributed by atoms with Crippen molar-refractivity contribution in [2.24, 2.45) is 0 Å². The number of hydrogen-bond acceptors (Lipinski definition) is 5. The molecule has 1 amide bonds. The van der Waals surface area contributed by atoms with Gasteiger partial charge in [0.25, 0.3) is 11.5 Å². The average molecular weight is 383 g/mol. The van der Waals surface area contributed by atoms with Gasteiger partial charge in [-0.15, -0.1) is 0 Å². The Morgan fingerprint density at radius 2 is 1.86 bits per heavy atom. The number of amides is 1. The van der Waals surface area contributed by atoms with Crippen LogP contribution in [0.25, 0.3) is 11.0 Å². The Morgan fingerprint density at radius 3 is 2.46 bits per heavy atom. The summed E-state index contributed by atoms with van der Waals surface area (Å²) < 4.78 is 1.45. The van der Waals surface area contributed by atoms with Gasteiger partial charge in [-0.3, -0.25) is 24.0 Å². The van der Waals surface area contributed by atoms with E-state index in [9.17, 15) is 14.4 Å². The van der Waals surface area contributed by atoms with Crippen molar-refractivity contribution < 1.29 is 4.79 Å². The number of piperazine rings is 1. The first-order chi connectivity index (χ1) is 13.6. The van der Waals surface area contributed by atoms with Crippen molar-refractivity contribution in [2.45, 2.75) is 51.1 Å². The highest BCUT2D eigenvalue weighted by atomic mass is 16.2. The van der Waals surface area contributed by atoms with E-state index in [1.165, 1.54) is 17.4 Å². The first kappa shape index (κ1) is 17.6. The number of nitrogens with one attached hydrogen (secondary N) is 1.